The average molecular weight is 440 g/mol. The fourth-order valence-electron chi connectivity index (χ4n) is 3.77. The van der Waals surface area contributed by atoms with Crippen molar-refractivity contribution in [2.45, 2.75) is 45.3 Å². The van der Waals surface area contributed by atoms with E-state index in [0.29, 0.717) is 29.4 Å². The number of hydrogen-bond donors (Lipinski definition) is 1. The van der Waals surface area contributed by atoms with Gasteiger partial charge in [0.25, 0.3) is 5.91 Å². The SMILES string of the molecule is CCC(C)C(=O)OC1(COc2c(-c3ccc4c(c3)CNC4=O)ccc(OC)c2OC)CC1. The lowest BCUT2D eigenvalue weighted by Gasteiger charge is -2.22. The van der Waals surface area contributed by atoms with Crippen molar-refractivity contribution < 1.29 is 28.5 Å². The molecule has 0 spiro atoms. The summed E-state index contributed by atoms with van der Waals surface area (Å²) in [6, 6.07) is 9.44. The summed E-state index contributed by atoms with van der Waals surface area (Å²) < 4.78 is 23.2. The Balaban J connectivity index is 1.65. The van der Waals surface area contributed by atoms with Crippen LogP contribution in [0.15, 0.2) is 30.3 Å². The molecule has 1 fully saturated rings. The van der Waals surface area contributed by atoms with E-state index < -0.39 is 5.60 Å². The van der Waals surface area contributed by atoms with Crippen LogP contribution in [0.3, 0.4) is 0 Å². The monoisotopic (exact) mass is 439 g/mol. The molecular weight excluding hydrogens is 410 g/mol. The first kappa shape index (κ1) is 22.0. The predicted octanol–water partition coefficient (Wildman–Crippen LogP) is 4.11. The van der Waals surface area contributed by atoms with Crippen LogP contribution in [0.2, 0.25) is 0 Å². The van der Waals surface area contributed by atoms with Gasteiger partial charge < -0.3 is 24.3 Å². The highest BCUT2D eigenvalue weighted by atomic mass is 16.6. The van der Waals surface area contributed by atoms with Crippen LogP contribution >= 0.6 is 0 Å². The third-order valence-electron chi connectivity index (χ3n) is 6.22. The van der Waals surface area contributed by atoms with Crippen LogP contribution < -0.4 is 19.5 Å². The molecule has 4 rings (SSSR count). The fourth-order valence-corrected chi connectivity index (χ4v) is 3.77. The largest absolute Gasteiger partial charge is 0.493 e. The number of benzene rings is 2. The van der Waals surface area contributed by atoms with Gasteiger partial charge in [0.15, 0.2) is 11.5 Å². The third kappa shape index (κ3) is 4.11. The van der Waals surface area contributed by atoms with Gasteiger partial charge in [0.05, 0.1) is 20.1 Å². The molecule has 1 aliphatic carbocycles. The zero-order chi connectivity index (χ0) is 22.9. The first-order valence-electron chi connectivity index (χ1n) is 10.9. The Labute approximate surface area is 188 Å². The summed E-state index contributed by atoms with van der Waals surface area (Å²) >= 11 is 0. The first-order chi connectivity index (χ1) is 15.4. The molecule has 1 saturated carbocycles. The van der Waals surface area contributed by atoms with Gasteiger partial charge in [0, 0.05) is 17.7 Å². The maximum Gasteiger partial charge on any atom is 0.309 e. The maximum atomic E-state index is 12.3. The molecule has 32 heavy (non-hydrogen) atoms. The predicted molar refractivity (Wildman–Crippen MR) is 119 cm³/mol. The van der Waals surface area contributed by atoms with Crippen LogP contribution in [0.1, 0.15) is 49.0 Å². The van der Waals surface area contributed by atoms with Gasteiger partial charge in [-0.2, -0.15) is 0 Å². The molecule has 1 N–H and O–H groups in total. The molecule has 1 atom stereocenters. The van der Waals surface area contributed by atoms with E-state index in [9.17, 15) is 9.59 Å². The van der Waals surface area contributed by atoms with Gasteiger partial charge in [-0.1, -0.05) is 19.9 Å². The van der Waals surface area contributed by atoms with Gasteiger partial charge in [-0.05, 0) is 54.7 Å². The number of esters is 1. The molecule has 0 saturated heterocycles. The van der Waals surface area contributed by atoms with Gasteiger partial charge >= 0.3 is 5.97 Å². The summed E-state index contributed by atoms with van der Waals surface area (Å²) in [5.74, 6) is 1.15. The van der Waals surface area contributed by atoms with Crippen molar-refractivity contribution >= 4 is 11.9 Å². The lowest BCUT2D eigenvalue weighted by atomic mass is 9.99. The van der Waals surface area contributed by atoms with E-state index >= 15 is 0 Å². The molecule has 170 valence electrons. The Bertz CT molecular complexity index is 1040. The maximum absolute atomic E-state index is 12.3. The number of hydrogen-bond acceptors (Lipinski definition) is 6. The number of carbonyl (C=O) groups is 2. The van der Waals surface area contributed by atoms with E-state index in [4.69, 9.17) is 18.9 Å². The molecule has 1 aliphatic heterocycles. The molecule has 2 aromatic carbocycles. The van der Waals surface area contributed by atoms with E-state index in [0.717, 1.165) is 36.0 Å². The van der Waals surface area contributed by atoms with Crippen LogP contribution in [0.4, 0.5) is 0 Å². The molecule has 0 aromatic heterocycles. The Hall–Kier alpha value is -3.22. The minimum atomic E-state index is -0.597. The summed E-state index contributed by atoms with van der Waals surface area (Å²) in [6.45, 7) is 4.57. The van der Waals surface area contributed by atoms with E-state index in [1.807, 2.05) is 44.2 Å². The summed E-state index contributed by atoms with van der Waals surface area (Å²) in [4.78, 5) is 24.3. The van der Waals surface area contributed by atoms with Gasteiger partial charge in [0.2, 0.25) is 5.75 Å². The van der Waals surface area contributed by atoms with Gasteiger partial charge in [0.1, 0.15) is 12.2 Å². The van der Waals surface area contributed by atoms with E-state index in [1.54, 1.807) is 14.2 Å². The number of fused-ring (bicyclic) bond motifs is 1. The van der Waals surface area contributed by atoms with Gasteiger partial charge in [-0.15, -0.1) is 0 Å². The Kier molecular flexibility index (Phi) is 6.00. The van der Waals surface area contributed by atoms with Crippen LogP contribution in [0.5, 0.6) is 17.2 Å². The second kappa shape index (κ2) is 8.73. The van der Waals surface area contributed by atoms with E-state index in [-0.39, 0.29) is 24.4 Å². The van der Waals surface area contributed by atoms with Crippen molar-refractivity contribution in [3.8, 4) is 28.4 Å². The standard InChI is InChI=1S/C25H29NO6/c1-5-15(2)24(28)32-25(10-11-25)14-31-21-18(8-9-20(29-3)22(21)30-4)16-6-7-19-17(12-16)13-26-23(19)27/h6-9,12,15H,5,10-11,13-14H2,1-4H3,(H,26,27). The molecule has 1 amide bonds. The summed E-state index contributed by atoms with van der Waals surface area (Å²) in [7, 11) is 3.14. The highest BCUT2D eigenvalue weighted by Gasteiger charge is 2.48. The fraction of sp³-hybridized carbons (Fsp3) is 0.440. The molecule has 2 aromatic rings. The van der Waals surface area contributed by atoms with Crippen LogP contribution in [0, 0.1) is 5.92 Å². The second-order valence-corrected chi connectivity index (χ2v) is 8.43. The molecule has 7 nitrogen and oxygen atoms in total. The van der Waals surface area contributed by atoms with Crippen molar-refractivity contribution in [1.82, 2.24) is 5.32 Å². The van der Waals surface area contributed by atoms with Crippen LogP contribution in [0.25, 0.3) is 11.1 Å². The second-order valence-electron chi connectivity index (χ2n) is 8.43. The lowest BCUT2D eigenvalue weighted by molar-refractivity contribution is -0.157. The number of amides is 1. The van der Waals surface area contributed by atoms with Gasteiger partial charge in [-0.3, -0.25) is 9.59 Å². The molecule has 7 heteroatoms. The lowest BCUT2D eigenvalue weighted by Crippen LogP contribution is -2.29. The summed E-state index contributed by atoms with van der Waals surface area (Å²) in [5.41, 5.74) is 2.74. The highest BCUT2D eigenvalue weighted by Crippen LogP contribution is 2.47. The summed E-state index contributed by atoms with van der Waals surface area (Å²) in [5, 5.41) is 2.84. The number of nitrogens with one attached hydrogen (secondary N) is 1. The van der Waals surface area contributed by atoms with Crippen molar-refractivity contribution in [1.29, 1.82) is 0 Å². The Morgan fingerprint density at radius 2 is 1.84 bits per heavy atom. The molecule has 2 aliphatic rings. The zero-order valence-corrected chi connectivity index (χ0v) is 18.9. The smallest absolute Gasteiger partial charge is 0.309 e. The minimum Gasteiger partial charge on any atom is -0.493 e. The van der Waals surface area contributed by atoms with Crippen molar-refractivity contribution in [2.75, 3.05) is 20.8 Å². The van der Waals surface area contributed by atoms with Crippen molar-refractivity contribution in [3.63, 3.8) is 0 Å². The number of rotatable bonds is 9. The molecule has 1 heterocycles. The number of carbonyl (C=O) groups excluding carboxylic acids is 2. The summed E-state index contributed by atoms with van der Waals surface area (Å²) in [6.07, 6.45) is 2.27. The Morgan fingerprint density at radius 1 is 1.09 bits per heavy atom. The van der Waals surface area contributed by atoms with Crippen molar-refractivity contribution in [3.05, 3.63) is 41.5 Å². The zero-order valence-electron chi connectivity index (χ0n) is 18.9. The quantitative estimate of drug-likeness (QED) is 0.592. The van der Waals surface area contributed by atoms with Crippen LogP contribution in [-0.2, 0) is 16.1 Å². The number of ether oxygens (including phenoxy) is 4. The average Bonchev–Trinajstić information content (AvgIpc) is 3.48. The van der Waals surface area contributed by atoms with Gasteiger partial charge in [-0.25, -0.2) is 0 Å². The van der Waals surface area contributed by atoms with Crippen molar-refractivity contribution in [2.24, 2.45) is 5.92 Å². The van der Waals surface area contributed by atoms with Crippen LogP contribution in [-0.4, -0.2) is 38.3 Å². The highest BCUT2D eigenvalue weighted by molar-refractivity contribution is 5.99. The first-order valence-corrected chi connectivity index (χ1v) is 10.9. The molecule has 0 radical (unpaired) electrons. The number of methoxy groups -OCH3 is 2. The topological polar surface area (TPSA) is 83.1 Å². The Morgan fingerprint density at radius 3 is 2.50 bits per heavy atom. The molecular formula is C25H29NO6. The van der Waals surface area contributed by atoms with E-state index in [2.05, 4.69) is 5.32 Å². The molecule has 0 bridgehead atoms. The third-order valence-corrected chi connectivity index (χ3v) is 6.22. The normalized spacial score (nSPS) is 16.6. The van der Waals surface area contributed by atoms with E-state index in [1.165, 1.54) is 0 Å². The molecule has 1 unspecified atom stereocenters. The minimum absolute atomic E-state index is 0.0610.